The SMILES string of the molecule is O=C(O)CCNC(=O)N1CCCCC1CCO. The van der Waals surface area contributed by atoms with Gasteiger partial charge in [-0.25, -0.2) is 4.79 Å². The summed E-state index contributed by atoms with van der Waals surface area (Å²) in [6, 6.07) is -0.136. The second-order valence-corrected chi connectivity index (χ2v) is 4.23. The predicted molar refractivity (Wildman–Crippen MR) is 61.7 cm³/mol. The Labute approximate surface area is 101 Å². The van der Waals surface area contributed by atoms with Crippen molar-refractivity contribution in [1.29, 1.82) is 0 Å². The van der Waals surface area contributed by atoms with E-state index in [9.17, 15) is 9.59 Å². The van der Waals surface area contributed by atoms with E-state index in [-0.39, 0.29) is 31.6 Å². The van der Waals surface area contributed by atoms with Gasteiger partial charge in [0.15, 0.2) is 0 Å². The van der Waals surface area contributed by atoms with Crippen molar-refractivity contribution < 1.29 is 19.8 Å². The molecule has 17 heavy (non-hydrogen) atoms. The Balaban J connectivity index is 2.38. The molecule has 1 atom stereocenters. The van der Waals surface area contributed by atoms with E-state index in [2.05, 4.69) is 5.32 Å². The monoisotopic (exact) mass is 244 g/mol. The summed E-state index contributed by atoms with van der Waals surface area (Å²) in [5.74, 6) is -0.921. The van der Waals surface area contributed by atoms with E-state index in [0.29, 0.717) is 13.0 Å². The third-order valence-electron chi connectivity index (χ3n) is 2.97. The van der Waals surface area contributed by atoms with Crippen molar-refractivity contribution in [3.63, 3.8) is 0 Å². The molecule has 0 aromatic carbocycles. The molecule has 0 radical (unpaired) electrons. The van der Waals surface area contributed by atoms with Crippen molar-refractivity contribution in [3.8, 4) is 0 Å². The molecule has 1 saturated heterocycles. The van der Waals surface area contributed by atoms with Gasteiger partial charge in [0.2, 0.25) is 0 Å². The minimum Gasteiger partial charge on any atom is -0.481 e. The molecule has 6 nitrogen and oxygen atoms in total. The fourth-order valence-electron chi connectivity index (χ4n) is 2.09. The van der Waals surface area contributed by atoms with Gasteiger partial charge in [0.25, 0.3) is 0 Å². The van der Waals surface area contributed by atoms with Crippen LogP contribution in [0.2, 0.25) is 0 Å². The molecule has 1 rings (SSSR count). The van der Waals surface area contributed by atoms with E-state index < -0.39 is 5.97 Å². The van der Waals surface area contributed by atoms with Gasteiger partial charge in [-0.2, -0.15) is 0 Å². The Hall–Kier alpha value is -1.30. The van der Waals surface area contributed by atoms with Gasteiger partial charge in [-0.15, -0.1) is 0 Å². The lowest BCUT2D eigenvalue weighted by Gasteiger charge is -2.35. The van der Waals surface area contributed by atoms with E-state index in [4.69, 9.17) is 10.2 Å². The number of piperidine rings is 1. The Morgan fingerprint density at radius 3 is 2.76 bits per heavy atom. The highest BCUT2D eigenvalue weighted by atomic mass is 16.4. The molecule has 1 fully saturated rings. The fourth-order valence-corrected chi connectivity index (χ4v) is 2.09. The first-order valence-corrected chi connectivity index (χ1v) is 6.02. The van der Waals surface area contributed by atoms with E-state index >= 15 is 0 Å². The molecule has 0 saturated carbocycles. The number of carboxylic acids is 1. The maximum Gasteiger partial charge on any atom is 0.317 e. The van der Waals surface area contributed by atoms with Crippen LogP contribution in [0.15, 0.2) is 0 Å². The van der Waals surface area contributed by atoms with Crippen LogP contribution in [-0.4, -0.2) is 52.9 Å². The van der Waals surface area contributed by atoms with E-state index in [0.717, 1.165) is 19.3 Å². The normalized spacial score (nSPS) is 20.1. The smallest absolute Gasteiger partial charge is 0.317 e. The Kier molecular flexibility index (Phi) is 5.76. The second kappa shape index (κ2) is 7.11. The molecular formula is C11H20N2O4. The second-order valence-electron chi connectivity index (χ2n) is 4.23. The van der Waals surface area contributed by atoms with Crippen LogP contribution < -0.4 is 5.32 Å². The quantitative estimate of drug-likeness (QED) is 0.653. The largest absolute Gasteiger partial charge is 0.481 e. The van der Waals surface area contributed by atoms with Gasteiger partial charge >= 0.3 is 12.0 Å². The molecule has 1 unspecified atom stereocenters. The zero-order valence-electron chi connectivity index (χ0n) is 9.89. The third-order valence-corrected chi connectivity index (χ3v) is 2.97. The number of rotatable bonds is 5. The first-order chi connectivity index (χ1) is 8.15. The number of hydrogen-bond donors (Lipinski definition) is 3. The van der Waals surface area contributed by atoms with Crippen molar-refractivity contribution in [2.75, 3.05) is 19.7 Å². The highest BCUT2D eigenvalue weighted by Gasteiger charge is 2.25. The number of carboxylic acid groups (broad SMARTS) is 1. The number of nitrogens with zero attached hydrogens (tertiary/aromatic N) is 1. The molecule has 2 amide bonds. The number of aliphatic carboxylic acids is 1. The molecule has 1 heterocycles. The van der Waals surface area contributed by atoms with Crippen LogP contribution in [-0.2, 0) is 4.79 Å². The Morgan fingerprint density at radius 2 is 2.12 bits per heavy atom. The van der Waals surface area contributed by atoms with E-state index in [1.165, 1.54) is 0 Å². The number of nitrogens with one attached hydrogen (secondary N) is 1. The number of carbonyl (C=O) groups is 2. The number of likely N-dealkylation sites (tertiary alicyclic amines) is 1. The zero-order valence-corrected chi connectivity index (χ0v) is 9.89. The van der Waals surface area contributed by atoms with Gasteiger partial charge in [-0.1, -0.05) is 0 Å². The number of hydrogen-bond acceptors (Lipinski definition) is 3. The number of carbonyl (C=O) groups excluding carboxylic acids is 1. The summed E-state index contributed by atoms with van der Waals surface area (Å²) < 4.78 is 0. The lowest BCUT2D eigenvalue weighted by molar-refractivity contribution is -0.136. The van der Waals surface area contributed by atoms with Gasteiger partial charge < -0.3 is 20.4 Å². The van der Waals surface area contributed by atoms with E-state index in [1.807, 2.05) is 0 Å². The molecule has 1 aliphatic rings. The van der Waals surface area contributed by atoms with Crippen LogP contribution in [0.25, 0.3) is 0 Å². The molecule has 0 aliphatic carbocycles. The molecular weight excluding hydrogens is 224 g/mol. The Morgan fingerprint density at radius 1 is 1.35 bits per heavy atom. The standard InChI is InChI=1S/C11H20N2O4/c14-8-5-9-3-1-2-7-13(9)11(17)12-6-4-10(15)16/h9,14H,1-8H2,(H,12,17)(H,15,16). The summed E-state index contributed by atoms with van der Waals surface area (Å²) in [5, 5.41) is 20.0. The average Bonchev–Trinajstić information content (AvgIpc) is 2.29. The molecule has 6 heteroatoms. The minimum absolute atomic E-state index is 0.0652. The average molecular weight is 244 g/mol. The molecule has 3 N–H and O–H groups in total. The first-order valence-electron chi connectivity index (χ1n) is 6.02. The maximum absolute atomic E-state index is 11.8. The summed E-state index contributed by atoms with van der Waals surface area (Å²) in [6.45, 7) is 0.906. The van der Waals surface area contributed by atoms with Crippen molar-refractivity contribution in [2.45, 2.75) is 38.1 Å². The van der Waals surface area contributed by atoms with E-state index in [1.54, 1.807) is 4.90 Å². The fraction of sp³-hybridized carbons (Fsp3) is 0.818. The van der Waals surface area contributed by atoms with Gasteiger partial charge in [0, 0.05) is 25.7 Å². The lowest BCUT2D eigenvalue weighted by Crippen LogP contribution is -2.49. The number of aliphatic hydroxyl groups excluding tert-OH is 1. The predicted octanol–water partition coefficient (Wildman–Crippen LogP) is 0.408. The van der Waals surface area contributed by atoms with Crippen LogP contribution in [0.3, 0.4) is 0 Å². The van der Waals surface area contributed by atoms with Gasteiger partial charge in [0.05, 0.1) is 6.42 Å². The van der Waals surface area contributed by atoms with Crippen molar-refractivity contribution in [2.24, 2.45) is 0 Å². The number of aliphatic hydroxyl groups is 1. The van der Waals surface area contributed by atoms with Crippen molar-refractivity contribution >= 4 is 12.0 Å². The van der Waals surface area contributed by atoms with Gasteiger partial charge in [-0.05, 0) is 25.7 Å². The topological polar surface area (TPSA) is 89.9 Å². The molecule has 0 aromatic heterocycles. The highest BCUT2D eigenvalue weighted by molar-refractivity contribution is 5.75. The Bertz CT molecular complexity index is 268. The van der Waals surface area contributed by atoms with Gasteiger partial charge in [0.1, 0.15) is 0 Å². The van der Waals surface area contributed by atoms with Crippen LogP contribution in [0.1, 0.15) is 32.1 Å². The summed E-state index contributed by atoms with van der Waals surface area (Å²) in [5.41, 5.74) is 0. The summed E-state index contributed by atoms with van der Waals surface area (Å²) in [7, 11) is 0. The zero-order chi connectivity index (χ0) is 12.7. The van der Waals surface area contributed by atoms with Gasteiger partial charge in [-0.3, -0.25) is 4.79 Å². The molecule has 98 valence electrons. The summed E-state index contributed by atoms with van der Waals surface area (Å²) >= 11 is 0. The lowest BCUT2D eigenvalue weighted by atomic mass is 10.0. The molecule has 0 bridgehead atoms. The first kappa shape index (κ1) is 13.8. The maximum atomic E-state index is 11.8. The molecule has 0 aromatic rings. The third kappa shape index (κ3) is 4.60. The van der Waals surface area contributed by atoms with Crippen LogP contribution in [0, 0.1) is 0 Å². The van der Waals surface area contributed by atoms with Crippen LogP contribution in [0.5, 0.6) is 0 Å². The summed E-state index contributed by atoms with van der Waals surface area (Å²) in [4.78, 5) is 23.8. The molecule has 0 spiro atoms. The van der Waals surface area contributed by atoms with Crippen molar-refractivity contribution in [3.05, 3.63) is 0 Å². The summed E-state index contributed by atoms with van der Waals surface area (Å²) in [6.07, 6.45) is 3.47. The number of amides is 2. The number of urea groups is 1. The highest BCUT2D eigenvalue weighted by Crippen LogP contribution is 2.19. The van der Waals surface area contributed by atoms with Crippen molar-refractivity contribution in [1.82, 2.24) is 10.2 Å². The van der Waals surface area contributed by atoms with Crippen LogP contribution in [0.4, 0.5) is 4.79 Å². The van der Waals surface area contributed by atoms with Crippen LogP contribution >= 0.6 is 0 Å². The minimum atomic E-state index is -0.921. The molecule has 1 aliphatic heterocycles.